The number of hydrogen-bond donors (Lipinski definition) is 2. The van der Waals surface area contributed by atoms with E-state index in [9.17, 15) is 14.0 Å². The Morgan fingerprint density at radius 3 is 1.90 bits per heavy atom. The van der Waals surface area contributed by atoms with E-state index < -0.39 is 6.17 Å². The molecular formula is C20H43FN2O7. The molecule has 9 nitrogen and oxygen atoms in total. The molecule has 0 spiro atoms. The Kier molecular flexibility index (Phi) is 18.8. The number of nitrogens with one attached hydrogen (secondary N) is 2. The Morgan fingerprint density at radius 1 is 0.833 bits per heavy atom. The fraction of sp³-hybridized carbons (Fsp3) is 0.900. The van der Waals surface area contributed by atoms with Crippen LogP contribution in [0.25, 0.3) is 0 Å². The van der Waals surface area contributed by atoms with Crippen molar-refractivity contribution < 1.29 is 40.5 Å². The average Bonchev–Trinajstić information content (AvgIpc) is 2.70. The van der Waals surface area contributed by atoms with Gasteiger partial charge in [0.15, 0.2) is 0 Å². The standard InChI is InChI=1S/C20H39FN2O7.2H2/c1-16(2)20(25)23-13-18(21)14-29-12-11-28-10-9-27-8-7-26-6-5-22-19(24)15-30-17(3)4;;/h16-18H,5-15H2,1-4H3,(H,22,24)(H,23,25);2*1H. The first kappa shape index (κ1) is 28.7. The molecule has 0 heterocycles. The van der Waals surface area contributed by atoms with Crippen LogP contribution in [-0.4, -0.2) is 96.6 Å². The Morgan fingerprint density at radius 2 is 1.37 bits per heavy atom. The van der Waals surface area contributed by atoms with E-state index in [0.717, 1.165) is 0 Å². The molecule has 1 atom stereocenters. The zero-order chi connectivity index (χ0) is 22.6. The van der Waals surface area contributed by atoms with Crippen molar-refractivity contribution in [3.8, 4) is 0 Å². The molecule has 0 fully saturated rings. The predicted molar refractivity (Wildman–Crippen MR) is 114 cm³/mol. The van der Waals surface area contributed by atoms with E-state index in [2.05, 4.69) is 10.6 Å². The molecule has 0 aliphatic rings. The molecule has 0 saturated heterocycles. The van der Waals surface area contributed by atoms with Crippen LogP contribution in [0.5, 0.6) is 0 Å². The van der Waals surface area contributed by atoms with Gasteiger partial charge in [-0.1, -0.05) is 13.8 Å². The molecule has 2 amide bonds. The molecule has 0 aliphatic heterocycles. The van der Waals surface area contributed by atoms with Gasteiger partial charge in [-0.25, -0.2) is 4.39 Å². The zero-order valence-corrected chi connectivity index (χ0v) is 18.7. The molecule has 2 N–H and O–H groups in total. The smallest absolute Gasteiger partial charge is 0.246 e. The van der Waals surface area contributed by atoms with Gasteiger partial charge in [0, 0.05) is 15.3 Å². The molecule has 30 heavy (non-hydrogen) atoms. The van der Waals surface area contributed by atoms with E-state index in [1.54, 1.807) is 13.8 Å². The van der Waals surface area contributed by atoms with E-state index in [-0.39, 0.29) is 53.1 Å². The summed E-state index contributed by atoms with van der Waals surface area (Å²) in [6.45, 7) is 10.3. The Bertz CT molecular complexity index is 450. The number of ether oxygens (including phenoxy) is 5. The lowest BCUT2D eigenvalue weighted by Gasteiger charge is -2.12. The van der Waals surface area contributed by atoms with E-state index in [1.807, 2.05) is 13.8 Å². The maximum atomic E-state index is 13.5. The van der Waals surface area contributed by atoms with Crippen LogP contribution in [0, 0.1) is 5.92 Å². The molecule has 0 aromatic carbocycles. The van der Waals surface area contributed by atoms with Crippen LogP contribution in [0.4, 0.5) is 4.39 Å². The van der Waals surface area contributed by atoms with Crippen LogP contribution >= 0.6 is 0 Å². The Balaban J connectivity index is -0.00000420. The fourth-order valence-corrected chi connectivity index (χ4v) is 1.90. The highest BCUT2D eigenvalue weighted by atomic mass is 19.1. The lowest BCUT2D eigenvalue weighted by atomic mass is 10.2. The van der Waals surface area contributed by atoms with Crippen molar-refractivity contribution in [3.05, 3.63) is 0 Å². The largest absolute Gasteiger partial charge is 0.377 e. The second-order valence-corrected chi connectivity index (χ2v) is 7.12. The van der Waals surface area contributed by atoms with Gasteiger partial charge >= 0.3 is 0 Å². The number of halogens is 1. The van der Waals surface area contributed by atoms with Gasteiger partial charge in [0.1, 0.15) is 12.8 Å². The first-order chi connectivity index (χ1) is 14.3. The summed E-state index contributed by atoms with van der Waals surface area (Å²) in [6.07, 6.45) is -1.21. The number of carbonyl (C=O) groups excluding carboxylic acids is 2. The predicted octanol–water partition coefficient (Wildman–Crippen LogP) is 1.20. The first-order valence-corrected chi connectivity index (χ1v) is 10.4. The number of amides is 2. The monoisotopic (exact) mass is 442 g/mol. The van der Waals surface area contributed by atoms with E-state index in [1.165, 1.54) is 0 Å². The van der Waals surface area contributed by atoms with Crippen LogP contribution in [-0.2, 0) is 33.3 Å². The quantitative estimate of drug-likeness (QED) is 0.273. The normalized spacial score (nSPS) is 12.4. The second kappa shape index (κ2) is 19.6. The van der Waals surface area contributed by atoms with Crippen molar-refractivity contribution in [3.63, 3.8) is 0 Å². The summed E-state index contributed by atoms with van der Waals surface area (Å²) in [4.78, 5) is 22.7. The van der Waals surface area contributed by atoms with Crippen molar-refractivity contribution >= 4 is 11.8 Å². The SMILES string of the molecule is CC(C)OCC(=O)NCCOCCOCCOCCOCC(F)CNC(=O)C(C)C.[HH].[HH]. The summed E-state index contributed by atoms with van der Waals surface area (Å²) in [6, 6.07) is 0. The number of alkyl halides is 1. The maximum absolute atomic E-state index is 13.5. The zero-order valence-electron chi connectivity index (χ0n) is 18.7. The Labute approximate surface area is 182 Å². The summed E-state index contributed by atoms with van der Waals surface area (Å²) in [5.74, 6) is -0.502. The van der Waals surface area contributed by atoms with Gasteiger partial charge in [-0.2, -0.15) is 0 Å². The van der Waals surface area contributed by atoms with Crippen molar-refractivity contribution in [2.45, 2.75) is 40.0 Å². The molecule has 0 rings (SSSR count). The van der Waals surface area contributed by atoms with E-state index >= 15 is 0 Å². The minimum absolute atomic E-state index is 0. The third-order valence-corrected chi connectivity index (χ3v) is 3.55. The third kappa shape index (κ3) is 20.0. The van der Waals surface area contributed by atoms with Gasteiger partial charge in [-0.15, -0.1) is 0 Å². The molecule has 0 saturated carbocycles. The highest BCUT2D eigenvalue weighted by molar-refractivity contribution is 5.77. The van der Waals surface area contributed by atoms with Gasteiger partial charge in [0.2, 0.25) is 11.8 Å². The van der Waals surface area contributed by atoms with Crippen molar-refractivity contribution in [1.29, 1.82) is 0 Å². The lowest BCUT2D eigenvalue weighted by molar-refractivity contribution is -0.127. The number of carbonyl (C=O) groups is 2. The highest BCUT2D eigenvalue weighted by Gasteiger charge is 2.11. The van der Waals surface area contributed by atoms with Crippen LogP contribution in [0.2, 0.25) is 0 Å². The molecule has 10 heteroatoms. The van der Waals surface area contributed by atoms with Crippen LogP contribution in [0.15, 0.2) is 0 Å². The summed E-state index contributed by atoms with van der Waals surface area (Å²) in [5.41, 5.74) is 0. The van der Waals surface area contributed by atoms with Crippen molar-refractivity contribution in [2.75, 3.05) is 72.6 Å². The van der Waals surface area contributed by atoms with E-state index in [0.29, 0.717) is 46.2 Å². The number of hydrogen-bond acceptors (Lipinski definition) is 7. The third-order valence-electron chi connectivity index (χ3n) is 3.55. The average molecular weight is 443 g/mol. The summed E-state index contributed by atoms with van der Waals surface area (Å²) >= 11 is 0. The Hall–Kier alpha value is -1.33. The topological polar surface area (TPSA) is 104 Å². The van der Waals surface area contributed by atoms with Crippen molar-refractivity contribution in [1.82, 2.24) is 10.6 Å². The molecule has 0 radical (unpaired) electrons. The second-order valence-electron chi connectivity index (χ2n) is 7.12. The molecule has 182 valence electrons. The maximum Gasteiger partial charge on any atom is 0.246 e. The van der Waals surface area contributed by atoms with E-state index in [4.69, 9.17) is 23.7 Å². The molecule has 1 unspecified atom stereocenters. The van der Waals surface area contributed by atoms with Gasteiger partial charge in [-0.05, 0) is 13.8 Å². The van der Waals surface area contributed by atoms with Gasteiger partial charge < -0.3 is 34.3 Å². The summed E-state index contributed by atoms with van der Waals surface area (Å²) in [7, 11) is 0. The van der Waals surface area contributed by atoms with Crippen LogP contribution in [0.3, 0.4) is 0 Å². The van der Waals surface area contributed by atoms with Crippen molar-refractivity contribution in [2.24, 2.45) is 5.92 Å². The minimum Gasteiger partial charge on any atom is -0.377 e. The summed E-state index contributed by atoms with van der Waals surface area (Å²) < 4.78 is 39.9. The first-order valence-electron chi connectivity index (χ1n) is 10.4. The molecule has 0 aromatic heterocycles. The fourth-order valence-electron chi connectivity index (χ4n) is 1.90. The lowest BCUT2D eigenvalue weighted by Crippen LogP contribution is -2.35. The highest BCUT2D eigenvalue weighted by Crippen LogP contribution is 1.94. The van der Waals surface area contributed by atoms with Gasteiger partial charge in [0.25, 0.3) is 0 Å². The number of rotatable bonds is 20. The van der Waals surface area contributed by atoms with Crippen LogP contribution in [0.1, 0.15) is 30.5 Å². The molecule has 0 aromatic rings. The molecular weight excluding hydrogens is 399 g/mol. The summed E-state index contributed by atoms with van der Waals surface area (Å²) in [5, 5.41) is 5.21. The van der Waals surface area contributed by atoms with Gasteiger partial charge in [-0.3, -0.25) is 9.59 Å². The minimum atomic E-state index is -1.24. The van der Waals surface area contributed by atoms with Crippen LogP contribution < -0.4 is 10.6 Å². The molecule has 0 aliphatic carbocycles. The van der Waals surface area contributed by atoms with Gasteiger partial charge in [0.05, 0.1) is 65.5 Å². The molecule has 0 bridgehead atoms.